The first-order chi connectivity index (χ1) is 7.25. The van der Waals surface area contributed by atoms with E-state index in [1.807, 2.05) is 0 Å². The first kappa shape index (κ1) is 10.8. The van der Waals surface area contributed by atoms with Crippen LogP contribution in [0.5, 0.6) is 5.75 Å². The number of rotatable bonds is 3. The van der Waals surface area contributed by atoms with Crippen LogP contribution in [0.4, 0.5) is 4.39 Å². The molecule has 1 atom stereocenters. The quantitative estimate of drug-likeness (QED) is 0.856. The smallest absolute Gasteiger partial charge is 0.227 e. The van der Waals surface area contributed by atoms with Gasteiger partial charge in [-0.2, -0.15) is 4.39 Å². The summed E-state index contributed by atoms with van der Waals surface area (Å²) < 4.78 is 18.7. The van der Waals surface area contributed by atoms with E-state index < -0.39 is 5.95 Å². The summed E-state index contributed by atoms with van der Waals surface area (Å²) in [6.07, 6.45) is 2.54. The van der Waals surface area contributed by atoms with Crippen molar-refractivity contribution >= 4 is 15.9 Å². The molecule has 1 saturated heterocycles. The van der Waals surface area contributed by atoms with Crippen molar-refractivity contribution in [3.8, 4) is 5.75 Å². The van der Waals surface area contributed by atoms with E-state index in [0.717, 1.165) is 19.5 Å². The van der Waals surface area contributed by atoms with Gasteiger partial charge in [0.2, 0.25) is 5.95 Å². The maximum Gasteiger partial charge on any atom is 0.227 e. The summed E-state index contributed by atoms with van der Waals surface area (Å²) in [6.45, 7) is 2.71. The highest BCUT2D eigenvalue weighted by molar-refractivity contribution is 9.10. The lowest BCUT2D eigenvalue weighted by Crippen LogP contribution is -2.15. The number of ether oxygens (including phenoxy) is 1. The van der Waals surface area contributed by atoms with Gasteiger partial charge in [0.05, 0.1) is 17.3 Å². The third kappa shape index (κ3) is 2.89. The minimum atomic E-state index is -0.509. The SMILES string of the molecule is Fc1ncc(OC[C@@H]2CCNC2)cc1Br. The number of nitrogens with zero attached hydrogens (tertiary/aromatic N) is 1. The fourth-order valence-electron chi connectivity index (χ4n) is 1.55. The van der Waals surface area contributed by atoms with Gasteiger partial charge in [0, 0.05) is 18.5 Å². The summed E-state index contributed by atoms with van der Waals surface area (Å²) >= 11 is 3.07. The molecule has 0 saturated carbocycles. The molecule has 0 unspecified atom stereocenters. The number of hydrogen-bond donors (Lipinski definition) is 1. The minimum absolute atomic E-state index is 0.338. The molecule has 1 aliphatic heterocycles. The van der Waals surface area contributed by atoms with Gasteiger partial charge in [0.1, 0.15) is 5.75 Å². The predicted molar refractivity (Wildman–Crippen MR) is 58.4 cm³/mol. The molecule has 1 N–H and O–H groups in total. The van der Waals surface area contributed by atoms with Gasteiger partial charge in [-0.05, 0) is 28.9 Å². The molecule has 0 aromatic carbocycles. The Labute approximate surface area is 96.2 Å². The monoisotopic (exact) mass is 274 g/mol. The van der Waals surface area contributed by atoms with Crippen LogP contribution in [0.15, 0.2) is 16.7 Å². The van der Waals surface area contributed by atoms with Gasteiger partial charge in [-0.15, -0.1) is 0 Å². The average Bonchev–Trinajstić information content (AvgIpc) is 2.73. The molecule has 0 amide bonds. The second-order valence-electron chi connectivity index (χ2n) is 3.61. The van der Waals surface area contributed by atoms with Gasteiger partial charge in [-0.25, -0.2) is 4.98 Å². The van der Waals surface area contributed by atoms with E-state index in [-0.39, 0.29) is 0 Å². The summed E-state index contributed by atoms with van der Waals surface area (Å²) in [6, 6.07) is 1.60. The van der Waals surface area contributed by atoms with Crippen molar-refractivity contribution in [2.75, 3.05) is 19.7 Å². The van der Waals surface area contributed by atoms with Crippen LogP contribution in [0.3, 0.4) is 0 Å². The molecule has 15 heavy (non-hydrogen) atoms. The second-order valence-corrected chi connectivity index (χ2v) is 4.47. The van der Waals surface area contributed by atoms with Crippen LogP contribution in [-0.4, -0.2) is 24.7 Å². The van der Waals surface area contributed by atoms with E-state index in [0.29, 0.717) is 22.7 Å². The Bertz CT molecular complexity index is 342. The molecule has 1 aromatic rings. The summed E-state index contributed by atoms with van der Waals surface area (Å²) in [5.74, 6) is 0.647. The zero-order valence-corrected chi connectivity index (χ0v) is 9.76. The van der Waals surface area contributed by atoms with E-state index >= 15 is 0 Å². The van der Waals surface area contributed by atoms with Crippen molar-refractivity contribution < 1.29 is 9.13 Å². The van der Waals surface area contributed by atoms with Crippen molar-refractivity contribution in [2.45, 2.75) is 6.42 Å². The molecule has 0 bridgehead atoms. The molecule has 1 fully saturated rings. The first-order valence-corrected chi connectivity index (χ1v) is 5.69. The third-order valence-electron chi connectivity index (χ3n) is 2.42. The maximum atomic E-state index is 12.8. The summed E-state index contributed by atoms with van der Waals surface area (Å²) in [5, 5.41) is 3.26. The Kier molecular flexibility index (Phi) is 3.53. The molecule has 2 rings (SSSR count). The maximum absolute atomic E-state index is 12.8. The number of pyridine rings is 1. The molecule has 2 heterocycles. The molecule has 0 aliphatic carbocycles. The molecule has 0 spiro atoms. The number of halogens is 2. The van der Waals surface area contributed by atoms with Crippen molar-refractivity contribution in [3.05, 3.63) is 22.7 Å². The Morgan fingerprint density at radius 2 is 2.53 bits per heavy atom. The number of aromatic nitrogens is 1. The first-order valence-electron chi connectivity index (χ1n) is 4.90. The van der Waals surface area contributed by atoms with Crippen LogP contribution < -0.4 is 10.1 Å². The molecule has 1 aliphatic rings. The largest absolute Gasteiger partial charge is 0.492 e. The highest BCUT2D eigenvalue weighted by atomic mass is 79.9. The summed E-state index contributed by atoms with van der Waals surface area (Å²) in [4.78, 5) is 3.57. The Hall–Kier alpha value is -0.680. The zero-order chi connectivity index (χ0) is 10.7. The van der Waals surface area contributed by atoms with Crippen LogP contribution >= 0.6 is 15.9 Å². The lowest BCUT2D eigenvalue weighted by molar-refractivity contribution is 0.258. The Morgan fingerprint density at radius 1 is 1.67 bits per heavy atom. The lowest BCUT2D eigenvalue weighted by atomic mass is 10.1. The van der Waals surface area contributed by atoms with Crippen LogP contribution in [0.1, 0.15) is 6.42 Å². The van der Waals surface area contributed by atoms with Crippen molar-refractivity contribution in [1.82, 2.24) is 10.3 Å². The topological polar surface area (TPSA) is 34.1 Å². The standard InChI is InChI=1S/C10H12BrFN2O/c11-9-3-8(5-14-10(9)12)15-6-7-1-2-13-4-7/h3,5,7,13H,1-2,4,6H2/t7-/m1/s1. The highest BCUT2D eigenvalue weighted by Crippen LogP contribution is 2.20. The molecular formula is C10H12BrFN2O. The van der Waals surface area contributed by atoms with Gasteiger partial charge in [0.25, 0.3) is 0 Å². The van der Waals surface area contributed by atoms with Gasteiger partial charge in [0.15, 0.2) is 0 Å². The van der Waals surface area contributed by atoms with Crippen LogP contribution in [0.25, 0.3) is 0 Å². The van der Waals surface area contributed by atoms with Gasteiger partial charge in [-0.1, -0.05) is 0 Å². The average molecular weight is 275 g/mol. The van der Waals surface area contributed by atoms with Crippen LogP contribution in [0.2, 0.25) is 0 Å². The van der Waals surface area contributed by atoms with Crippen LogP contribution in [0, 0.1) is 11.9 Å². The fraction of sp³-hybridized carbons (Fsp3) is 0.500. The van der Waals surface area contributed by atoms with Crippen molar-refractivity contribution in [1.29, 1.82) is 0 Å². The number of nitrogens with one attached hydrogen (secondary N) is 1. The van der Waals surface area contributed by atoms with Crippen LogP contribution in [-0.2, 0) is 0 Å². The third-order valence-corrected chi connectivity index (χ3v) is 2.98. The Balaban J connectivity index is 1.90. The minimum Gasteiger partial charge on any atom is -0.492 e. The number of hydrogen-bond acceptors (Lipinski definition) is 3. The molecule has 3 nitrogen and oxygen atoms in total. The van der Waals surface area contributed by atoms with E-state index in [1.165, 1.54) is 6.20 Å². The van der Waals surface area contributed by atoms with E-state index in [4.69, 9.17) is 4.74 Å². The van der Waals surface area contributed by atoms with Gasteiger partial charge >= 0.3 is 0 Å². The van der Waals surface area contributed by atoms with E-state index in [2.05, 4.69) is 26.2 Å². The Morgan fingerprint density at radius 3 is 3.20 bits per heavy atom. The molecule has 0 radical (unpaired) electrons. The van der Waals surface area contributed by atoms with Crippen molar-refractivity contribution in [3.63, 3.8) is 0 Å². The second kappa shape index (κ2) is 4.90. The zero-order valence-electron chi connectivity index (χ0n) is 8.17. The fourth-order valence-corrected chi connectivity index (χ4v) is 1.88. The normalized spacial score (nSPS) is 20.5. The van der Waals surface area contributed by atoms with E-state index in [1.54, 1.807) is 6.07 Å². The summed E-state index contributed by atoms with van der Waals surface area (Å²) in [7, 11) is 0. The molecule has 82 valence electrons. The van der Waals surface area contributed by atoms with Gasteiger partial charge < -0.3 is 10.1 Å². The lowest BCUT2D eigenvalue weighted by Gasteiger charge is -2.10. The molecular weight excluding hydrogens is 263 g/mol. The van der Waals surface area contributed by atoms with Gasteiger partial charge in [-0.3, -0.25) is 0 Å². The molecule has 5 heteroatoms. The molecule has 1 aromatic heterocycles. The van der Waals surface area contributed by atoms with E-state index in [9.17, 15) is 4.39 Å². The highest BCUT2D eigenvalue weighted by Gasteiger charge is 2.15. The van der Waals surface area contributed by atoms with Crippen molar-refractivity contribution in [2.24, 2.45) is 5.92 Å². The summed E-state index contributed by atoms with van der Waals surface area (Å²) in [5.41, 5.74) is 0. The predicted octanol–water partition coefficient (Wildman–Crippen LogP) is 1.97.